The number of carboxylic acids is 1. The molecule has 1 heterocycles. The number of aromatic nitrogens is 1. The summed E-state index contributed by atoms with van der Waals surface area (Å²) in [6.45, 7) is 4.22. The number of carbonyl (C=O) groups is 1. The van der Waals surface area contributed by atoms with E-state index in [9.17, 15) is 4.79 Å². The van der Waals surface area contributed by atoms with Crippen LogP contribution in [-0.2, 0) is 22.8 Å². The lowest BCUT2D eigenvalue weighted by atomic mass is 10.2. The zero-order valence-corrected chi connectivity index (χ0v) is 16.9. The summed E-state index contributed by atoms with van der Waals surface area (Å²) < 4.78 is 7.90. The molecule has 0 radical (unpaired) electrons. The summed E-state index contributed by atoms with van der Waals surface area (Å²) in [5, 5.41) is 14.2. The van der Waals surface area contributed by atoms with E-state index in [1.807, 2.05) is 35.0 Å². The van der Waals surface area contributed by atoms with Crippen molar-refractivity contribution in [1.82, 2.24) is 4.57 Å². The van der Waals surface area contributed by atoms with Crippen LogP contribution in [0.4, 0.5) is 0 Å². The van der Waals surface area contributed by atoms with E-state index < -0.39 is 12.6 Å². The van der Waals surface area contributed by atoms with Crippen LogP contribution >= 0.6 is 23.2 Å². The molecule has 1 aromatic heterocycles. The van der Waals surface area contributed by atoms with Gasteiger partial charge < -0.3 is 19.2 Å². The molecule has 29 heavy (non-hydrogen) atoms. The van der Waals surface area contributed by atoms with E-state index in [0.717, 1.165) is 22.0 Å². The number of ether oxygens (including phenoxy) is 1. The van der Waals surface area contributed by atoms with Gasteiger partial charge in [-0.25, -0.2) is 4.79 Å². The summed E-state index contributed by atoms with van der Waals surface area (Å²) in [6.07, 6.45) is 5.16. The first-order chi connectivity index (χ1) is 14.0. The molecule has 3 rings (SSSR count). The Morgan fingerprint density at radius 3 is 2.76 bits per heavy atom. The Kier molecular flexibility index (Phi) is 6.80. The van der Waals surface area contributed by atoms with Crippen molar-refractivity contribution in [1.29, 1.82) is 0 Å². The van der Waals surface area contributed by atoms with Gasteiger partial charge in [0.05, 0.1) is 16.3 Å². The number of allylic oxidation sites excluding steroid dienone is 1. The Balaban J connectivity index is 1.83. The first kappa shape index (κ1) is 20.8. The van der Waals surface area contributed by atoms with Crippen LogP contribution in [0.15, 0.2) is 60.4 Å². The first-order valence-corrected chi connectivity index (χ1v) is 9.41. The summed E-state index contributed by atoms with van der Waals surface area (Å²) in [6, 6.07) is 11.1. The summed E-state index contributed by atoms with van der Waals surface area (Å²) in [5.41, 5.74) is 2.63. The molecule has 0 atom stereocenters. The van der Waals surface area contributed by atoms with Gasteiger partial charge in [-0.1, -0.05) is 40.5 Å². The lowest BCUT2D eigenvalue weighted by Gasteiger charge is -2.08. The molecule has 6 nitrogen and oxygen atoms in total. The molecule has 1 N–H and O–H groups in total. The maximum Gasteiger partial charge on any atom is 0.344 e. The zero-order valence-electron chi connectivity index (χ0n) is 15.3. The lowest BCUT2D eigenvalue weighted by molar-refractivity contribution is -0.142. The van der Waals surface area contributed by atoms with Gasteiger partial charge in [0.2, 0.25) is 6.61 Å². The van der Waals surface area contributed by atoms with E-state index >= 15 is 0 Å². The predicted octanol–water partition coefficient (Wildman–Crippen LogP) is 5.15. The topological polar surface area (TPSA) is 73.1 Å². The van der Waals surface area contributed by atoms with Gasteiger partial charge in [0.15, 0.2) is 0 Å². The minimum atomic E-state index is -1.09. The Hall–Kier alpha value is -2.96. The SMILES string of the molecule is C=CCn1cc(/C=N/OCC(=O)O)c2cc(OCc3ccc(Cl)c(Cl)c3)ccc21. The smallest absolute Gasteiger partial charge is 0.344 e. The van der Waals surface area contributed by atoms with Gasteiger partial charge in [0, 0.05) is 29.2 Å². The van der Waals surface area contributed by atoms with Crippen molar-refractivity contribution < 1.29 is 19.5 Å². The molecule has 0 saturated heterocycles. The average molecular weight is 433 g/mol. The van der Waals surface area contributed by atoms with E-state index in [0.29, 0.717) is 28.9 Å². The predicted molar refractivity (Wildman–Crippen MR) is 114 cm³/mol. The van der Waals surface area contributed by atoms with Crippen LogP contribution in [0.5, 0.6) is 5.75 Å². The van der Waals surface area contributed by atoms with E-state index in [1.165, 1.54) is 6.21 Å². The van der Waals surface area contributed by atoms with Crippen LogP contribution in [-0.4, -0.2) is 28.5 Å². The summed E-state index contributed by atoms with van der Waals surface area (Å²) >= 11 is 12.0. The lowest BCUT2D eigenvalue weighted by Crippen LogP contribution is -2.03. The molecule has 8 heteroatoms. The molecule has 0 fully saturated rings. The number of halogens is 2. The quantitative estimate of drug-likeness (QED) is 0.288. The van der Waals surface area contributed by atoms with Crippen molar-refractivity contribution in [3.8, 4) is 5.75 Å². The maximum absolute atomic E-state index is 10.5. The summed E-state index contributed by atoms with van der Waals surface area (Å²) in [5.74, 6) is -0.421. The second kappa shape index (κ2) is 9.49. The van der Waals surface area contributed by atoms with Crippen molar-refractivity contribution >= 4 is 46.3 Å². The third-order valence-corrected chi connectivity index (χ3v) is 4.79. The minimum absolute atomic E-state index is 0.334. The number of hydrogen-bond acceptors (Lipinski definition) is 4. The third-order valence-electron chi connectivity index (χ3n) is 4.05. The standard InChI is InChI=1S/C21H18Cl2N2O4/c1-2-7-25-11-15(10-24-29-13-21(26)27)17-9-16(4-6-20(17)25)28-12-14-3-5-18(22)19(23)8-14/h2-6,8-11H,1,7,12-13H2,(H,26,27)/b24-10+. The Morgan fingerprint density at radius 1 is 1.21 bits per heavy atom. The number of benzene rings is 2. The second-order valence-corrected chi connectivity index (χ2v) is 6.96. The average Bonchev–Trinajstić information content (AvgIpc) is 3.03. The fourth-order valence-corrected chi connectivity index (χ4v) is 3.09. The maximum atomic E-state index is 10.5. The van der Waals surface area contributed by atoms with Gasteiger partial charge in [-0.05, 0) is 35.9 Å². The van der Waals surface area contributed by atoms with Gasteiger partial charge in [-0.2, -0.15) is 0 Å². The van der Waals surface area contributed by atoms with E-state index in [2.05, 4.69) is 11.7 Å². The normalized spacial score (nSPS) is 11.1. The molecule has 0 unspecified atom stereocenters. The van der Waals surface area contributed by atoms with Crippen LogP contribution in [0, 0.1) is 0 Å². The van der Waals surface area contributed by atoms with Crippen molar-refractivity contribution in [3.63, 3.8) is 0 Å². The molecule has 2 aromatic carbocycles. The Bertz CT molecular complexity index is 1080. The van der Waals surface area contributed by atoms with Crippen molar-refractivity contribution in [2.45, 2.75) is 13.2 Å². The largest absolute Gasteiger partial charge is 0.489 e. The molecule has 0 aliphatic carbocycles. The van der Waals surface area contributed by atoms with Crippen molar-refractivity contribution in [2.24, 2.45) is 5.16 Å². The third kappa shape index (κ3) is 5.31. The molecule has 0 spiro atoms. The highest BCUT2D eigenvalue weighted by Crippen LogP contribution is 2.27. The molecule has 0 aliphatic rings. The zero-order chi connectivity index (χ0) is 20.8. The molecular formula is C21H18Cl2N2O4. The second-order valence-electron chi connectivity index (χ2n) is 6.14. The molecular weight excluding hydrogens is 415 g/mol. The van der Waals surface area contributed by atoms with Gasteiger partial charge >= 0.3 is 5.97 Å². The van der Waals surface area contributed by atoms with E-state index in [1.54, 1.807) is 18.2 Å². The Labute approximate surface area is 177 Å². The molecule has 0 saturated carbocycles. The van der Waals surface area contributed by atoms with Crippen molar-refractivity contribution in [3.05, 3.63) is 76.4 Å². The summed E-state index contributed by atoms with van der Waals surface area (Å²) in [7, 11) is 0. The molecule has 0 amide bonds. The van der Waals surface area contributed by atoms with E-state index in [-0.39, 0.29) is 0 Å². The number of hydrogen-bond donors (Lipinski definition) is 1. The molecule has 0 bridgehead atoms. The van der Waals surface area contributed by atoms with Gasteiger partial charge in [-0.3, -0.25) is 0 Å². The van der Waals surface area contributed by atoms with Crippen molar-refractivity contribution in [2.75, 3.05) is 6.61 Å². The number of nitrogens with zero attached hydrogens (tertiary/aromatic N) is 2. The number of rotatable bonds is 9. The fraction of sp³-hybridized carbons (Fsp3) is 0.143. The monoisotopic (exact) mass is 432 g/mol. The number of carboxylic acid groups (broad SMARTS) is 1. The van der Waals surface area contributed by atoms with Crippen LogP contribution in [0.3, 0.4) is 0 Å². The highest BCUT2D eigenvalue weighted by atomic mass is 35.5. The number of fused-ring (bicyclic) bond motifs is 1. The molecule has 3 aromatic rings. The van der Waals surface area contributed by atoms with Crippen LogP contribution in [0.2, 0.25) is 10.0 Å². The highest BCUT2D eigenvalue weighted by molar-refractivity contribution is 6.42. The Morgan fingerprint density at radius 2 is 2.03 bits per heavy atom. The van der Waals surface area contributed by atoms with Crippen LogP contribution < -0.4 is 4.74 Å². The molecule has 150 valence electrons. The fourth-order valence-electron chi connectivity index (χ4n) is 2.77. The highest BCUT2D eigenvalue weighted by Gasteiger charge is 2.09. The van der Waals surface area contributed by atoms with Crippen LogP contribution in [0.1, 0.15) is 11.1 Å². The number of oxime groups is 1. The van der Waals surface area contributed by atoms with E-state index in [4.69, 9.17) is 37.9 Å². The van der Waals surface area contributed by atoms with Gasteiger partial charge in [-0.15, -0.1) is 6.58 Å². The van der Waals surface area contributed by atoms with Gasteiger partial charge in [0.1, 0.15) is 12.4 Å². The molecule has 0 aliphatic heterocycles. The van der Waals surface area contributed by atoms with Gasteiger partial charge in [0.25, 0.3) is 0 Å². The first-order valence-electron chi connectivity index (χ1n) is 8.65. The summed E-state index contributed by atoms with van der Waals surface area (Å²) in [4.78, 5) is 15.3. The van der Waals surface area contributed by atoms with Crippen LogP contribution in [0.25, 0.3) is 10.9 Å². The minimum Gasteiger partial charge on any atom is -0.489 e. The number of aliphatic carboxylic acids is 1.